The van der Waals surface area contributed by atoms with Crippen molar-refractivity contribution in [2.24, 2.45) is 0 Å². The van der Waals surface area contributed by atoms with Crippen molar-refractivity contribution in [1.82, 2.24) is 15.3 Å². The van der Waals surface area contributed by atoms with Crippen molar-refractivity contribution in [2.45, 2.75) is 18.9 Å². The minimum Gasteiger partial charge on any atom is -0.314 e. The molecule has 1 saturated heterocycles. The van der Waals surface area contributed by atoms with Gasteiger partial charge in [0, 0.05) is 12.2 Å². The monoisotopic (exact) mass is 181 g/mol. The average Bonchev–Trinajstić information content (AvgIpc) is 2.56. The lowest BCUT2D eigenvalue weighted by atomic mass is 10.1. The Morgan fingerprint density at radius 3 is 2.85 bits per heavy atom. The minimum atomic E-state index is -0.452. The van der Waals surface area contributed by atoms with Crippen LogP contribution in [-0.2, 0) is 0 Å². The topological polar surface area (TPSA) is 77.8 Å². The molecule has 0 bridgehead atoms. The fourth-order valence-corrected chi connectivity index (χ4v) is 1.63. The van der Waals surface area contributed by atoms with Crippen LogP contribution in [0.3, 0.4) is 0 Å². The zero-order chi connectivity index (χ0) is 9.26. The number of nitrogens with one attached hydrogen (secondary N) is 3. The summed E-state index contributed by atoms with van der Waals surface area (Å²) in [6.45, 7) is 0.934. The summed E-state index contributed by atoms with van der Waals surface area (Å²) in [6.07, 6.45) is 3.52. The molecule has 0 aromatic carbocycles. The molecule has 0 amide bonds. The minimum absolute atomic E-state index is 0.0978. The van der Waals surface area contributed by atoms with Gasteiger partial charge in [-0.1, -0.05) is 0 Å². The first-order valence-corrected chi connectivity index (χ1v) is 4.32. The van der Waals surface area contributed by atoms with E-state index < -0.39 is 5.69 Å². The summed E-state index contributed by atoms with van der Waals surface area (Å²) in [4.78, 5) is 26.7. The van der Waals surface area contributed by atoms with E-state index in [9.17, 15) is 9.59 Å². The lowest BCUT2D eigenvalue weighted by Gasteiger charge is -2.07. The summed E-state index contributed by atoms with van der Waals surface area (Å²) in [5.41, 5.74) is -0.119. The van der Waals surface area contributed by atoms with Gasteiger partial charge in [-0.2, -0.15) is 0 Å². The third kappa shape index (κ3) is 1.55. The lowest BCUT2D eigenvalue weighted by molar-refractivity contribution is 0.633. The Balaban J connectivity index is 2.40. The molecule has 1 aromatic heterocycles. The molecule has 2 rings (SSSR count). The molecule has 1 aliphatic heterocycles. The molecule has 1 aliphatic rings. The van der Waals surface area contributed by atoms with Crippen LogP contribution in [0.15, 0.2) is 15.8 Å². The van der Waals surface area contributed by atoms with Gasteiger partial charge in [0.05, 0.1) is 5.56 Å². The summed E-state index contributed by atoms with van der Waals surface area (Å²) in [6, 6.07) is 0.0978. The standard InChI is InChI=1S/C8H11N3O2/c12-7-5(4-10-8(13)11-7)6-2-1-3-9-6/h4,6,9H,1-3H2,(H2,10,11,12,13). The Morgan fingerprint density at radius 2 is 2.23 bits per heavy atom. The first kappa shape index (κ1) is 8.25. The lowest BCUT2D eigenvalue weighted by Crippen LogP contribution is -2.28. The van der Waals surface area contributed by atoms with Gasteiger partial charge in [-0.05, 0) is 19.4 Å². The third-order valence-corrected chi connectivity index (χ3v) is 2.28. The van der Waals surface area contributed by atoms with Crippen LogP contribution in [0.1, 0.15) is 24.4 Å². The summed E-state index contributed by atoms with van der Waals surface area (Å²) >= 11 is 0. The molecule has 3 N–H and O–H groups in total. The molecule has 5 heteroatoms. The van der Waals surface area contributed by atoms with Crippen LogP contribution in [0.2, 0.25) is 0 Å². The second kappa shape index (κ2) is 3.18. The van der Waals surface area contributed by atoms with Crippen molar-refractivity contribution in [3.63, 3.8) is 0 Å². The molecule has 2 heterocycles. The Hall–Kier alpha value is -1.36. The van der Waals surface area contributed by atoms with Crippen LogP contribution in [0.5, 0.6) is 0 Å². The fraction of sp³-hybridized carbons (Fsp3) is 0.500. The van der Waals surface area contributed by atoms with Crippen LogP contribution >= 0.6 is 0 Å². The molecule has 1 atom stereocenters. The highest BCUT2D eigenvalue weighted by molar-refractivity contribution is 5.10. The smallest absolute Gasteiger partial charge is 0.314 e. The molecule has 0 spiro atoms. The number of hydrogen-bond acceptors (Lipinski definition) is 3. The van der Waals surface area contributed by atoms with Gasteiger partial charge in [-0.15, -0.1) is 0 Å². The second-order valence-electron chi connectivity index (χ2n) is 3.18. The van der Waals surface area contributed by atoms with E-state index in [1.165, 1.54) is 6.20 Å². The van der Waals surface area contributed by atoms with Crippen molar-refractivity contribution in [3.05, 3.63) is 32.6 Å². The number of aromatic amines is 2. The number of H-pyrrole nitrogens is 2. The van der Waals surface area contributed by atoms with Gasteiger partial charge < -0.3 is 10.3 Å². The van der Waals surface area contributed by atoms with Crippen molar-refractivity contribution < 1.29 is 0 Å². The maximum Gasteiger partial charge on any atom is 0.325 e. The van der Waals surface area contributed by atoms with E-state index in [1.54, 1.807) is 0 Å². The van der Waals surface area contributed by atoms with E-state index >= 15 is 0 Å². The van der Waals surface area contributed by atoms with E-state index in [2.05, 4.69) is 15.3 Å². The number of rotatable bonds is 1. The van der Waals surface area contributed by atoms with Crippen LogP contribution in [-0.4, -0.2) is 16.5 Å². The van der Waals surface area contributed by atoms with Crippen molar-refractivity contribution >= 4 is 0 Å². The Labute approximate surface area is 74.2 Å². The SMILES string of the molecule is O=c1[nH]cc(C2CCCN2)c(=O)[nH]1. The molecular weight excluding hydrogens is 170 g/mol. The summed E-state index contributed by atoms with van der Waals surface area (Å²) in [5.74, 6) is 0. The molecule has 0 aliphatic carbocycles. The molecule has 0 radical (unpaired) electrons. The molecule has 70 valence electrons. The van der Waals surface area contributed by atoms with Crippen LogP contribution in [0, 0.1) is 0 Å². The third-order valence-electron chi connectivity index (χ3n) is 2.28. The molecule has 1 unspecified atom stereocenters. The van der Waals surface area contributed by atoms with E-state index in [0.29, 0.717) is 5.56 Å². The van der Waals surface area contributed by atoms with Gasteiger partial charge >= 0.3 is 5.69 Å². The highest BCUT2D eigenvalue weighted by Gasteiger charge is 2.18. The zero-order valence-corrected chi connectivity index (χ0v) is 7.09. The van der Waals surface area contributed by atoms with Crippen molar-refractivity contribution in [3.8, 4) is 0 Å². The van der Waals surface area contributed by atoms with Gasteiger partial charge in [-0.3, -0.25) is 9.78 Å². The summed E-state index contributed by atoms with van der Waals surface area (Å²) < 4.78 is 0. The van der Waals surface area contributed by atoms with E-state index in [0.717, 1.165) is 19.4 Å². The van der Waals surface area contributed by atoms with Crippen LogP contribution < -0.4 is 16.6 Å². The zero-order valence-electron chi connectivity index (χ0n) is 7.09. The highest BCUT2D eigenvalue weighted by Crippen LogP contribution is 2.18. The van der Waals surface area contributed by atoms with Gasteiger partial charge in [0.1, 0.15) is 0 Å². The first-order chi connectivity index (χ1) is 6.27. The highest BCUT2D eigenvalue weighted by atomic mass is 16.2. The van der Waals surface area contributed by atoms with Gasteiger partial charge in [-0.25, -0.2) is 4.79 Å². The Bertz CT molecular complexity index is 400. The largest absolute Gasteiger partial charge is 0.325 e. The predicted molar refractivity (Wildman–Crippen MR) is 47.7 cm³/mol. The Morgan fingerprint density at radius 1 is 1.38 bits per heavy atom. The van der Waals surface area contributed by atoms with Gasteiger partial charge in [0.25, 0.3) is 5.56 Å². The Kier molecular flexibility index (Phi) is 2.02. The molecule has 1 fully saturated rings. The van der Waals surface area contributed by atoms with Gasteiger partial charge in [0.2, 0.25) is 0 Å². The molecular formula is C8H11N3O2. The second-order valence-corrected chi connectivity index (χ2v) is 3.18. The molecule has 0 saturated carbocycles. The van der Waals surface area contributed by atoms with Crippen molar-refractivity contribution in [1.29, 1.82) is 0 Å². The van der Waals surface area contributed by atoms with Crippen LogP contribution in [0.25, 0.3) is 0 Å². The maximum absolute atomic E-state index is 11.3. The fourth-order valence-electron chi connectivity index (χ4n) is 1.63. The van der Waals surface area contributed by atoms with E-state index in [-0.39, 0.29) is 11.6 Å². The van der Waals surface area contributed by atoms with Gasteiger partial charge in [0.15, 0.2) is 0 Å². The number of hydrogen-bond donors (Lipinski definition) is 3. The molecule has 5 nitrogen and oxygen atoms in total. The summed E-state index contributed by atoms with van der Waals surface area (Å²) in [7, 11) is 0. The quantitative estimate of drug-likeness (QED) is 0.546. The van der Waals surface area contributed by atoms with E-state index in [4.69, 9.17) is 0 Å². The van der Waals surface area contributed by atoms with Crippen molar-refractivity contribution in [2.75, 3.05) is 6.54 Å². The van der Waals surface area contributed by atoms with E-state index in [1.807, 2.05) is 0 Å². The predicted octanol–water partition coefficient (Wildman–Crippen LogP) is -0.512. The molecule has 13 heavy (non-hydrogen) atoms. The van der Waals surface area contributed by atoms with Crippen LogP contribution in [0.4, 0.5) is 0 Å². The number of aromatic nitrogens is 2. The average molecular weight is 181 g/mol. The summed E-state index contributed by atoms with van der Waals surface area (Å²) in [5, 5.41) is 3.19. The normalized spacial score (nSPS) is 22.0. The first-order valence-electron chi connectivity index (χ1n) is 4.32. The maximum atomic E-state index is 11.3. The molecule has 1 aromatic rings.